The molecule has 0 unspecified atom stereocenters. The number of rotatable bonds is 5. The fourth-order valence-corrected chi connectivity index (χ4v) is 3.22. The van der Waals surface area contributed by atoms with Gasteiger partial charge in [0.15, 0.2) is 0 Å². The number of likely N-dealkylation sites (N-methyl/N-ethyl adjacent to an activating group) is 1. The Labute approximate surface area is 118 Å². The van der Waals surface area contributed by atoms with Gasteiger partial charge in [-0.2, -0.15) is 0 Å². The van der Waals surface area contributed by atoms with Crippen LogP contribution in [0.5, 0.6) is 0 Å². The summed E-state index contributed by atoms with van der Waals surface area (Å²) in [6.45, 7) is 0.394. The lowest BCUT2D eigenvalue weighted by Crippen LogP contribution is -2.57. The lowest BCUT2D eigenvalue weighted by Gasteiger charge is -2.47. The normalized spacial score (nSPS) is 18.3. The van der Waals surface area contributed by atoms with Gasteiger partial charge in [-0.1, -0.05) is 0 Å². The van der Waals surface area contributed by atoms with E-state index in [1.807, 2.05) is 14.1 Å². The van der Waals surface area contributed by atoms with Gasteiger partial charge in [0.05, 0.1) is 12.4 Å². The molecule has 8 heteroatoms. The Kier molecular flexibility index (Phi) is 4.10. The van der Waals surface area contributed by atoms with E-state index in [4.69, 9.17) is 11.6 Å². The smallest absolute Gasteiger partial charge is 0.243 e. The van der Waals surface area contributed by atoms with Crippen LogP contribution in [0.3, 0.4) is 0 Å². The maximum atomic E-state index is 12.1. The van der Waals surface area contributed by atoms with Crippen molar-refractivity contribution in [2.24, 2.45) is 0 Å². The van der Waals surface area contributed by atoms with Crippen molar-refractivity contribution in [1.29, 1.82) is 0 Å². The molecule has 0 aliphatic heterocycles. The largest absolute Gasteiger partial charge is 0.302 e. The second-order valence-corrected chi connectivity index (χ2v) is 7.09. The predicted molar refractivity (Wildman–Crippen MR) is 72.5 cm³/mol. The van der Waals surface area contributed by atoms with Gasteiger partial charge < -0.3 is 4.90 Å². The zero-order valence-corrected chi connectivity index (χ0v) is 12.5. The first-order chi connectivity index (χ1) is 8.86. The highest BCUT2D eigenvalue weighted by Crippen LogP contribution is 2.35. The van der Waals surface area contributed by atoms with Crippen LogP contribution in [0.1, 0.15) is 19.3 Å². The highest BCUT2D eigenvalue weighted by molar-refractivity contribution is 7.89. The Morgan fingerprint density at radius 2 is 1.95 bits per heavy atom. The van der Waals surface area contributed by atoms with Crippen molar-refractivity contribution in [1.82, 2.24) is 19.6 Å². The zero-order chi connectivity index (χ0) is 14.1. The Morgan fingerprint density at radius 3 is 2.37 bits per heavy atom. The van der Waals surface area contributed by atoms with E-state index >= 15 is 0 Å². The lowest BCUT2D eigenvalue weighted by atomic mass is 9.76. The van der Waals surface area contributed by atoms with Crippen LogP contribution in [-0.4, -0.2) is 49.5 Å². The average molecular weight is 305 g/mol. The molecule has 1 aromatic rings. The van der Waals surface area contributed by atoms with Gasteiger partial charge in [0.2, 0.25) is 15.3 Å². The lowest BCUT2D eigenvalue weighted by molar-refractivity contribution is 0.0657. The summed E-state index contributed by atoms with van der Waals surface area (Å²) >= 11 is 5.54. The molecule has 1 N–H and O–H groups in total. The highest BCUT2D eigenvalue weighted by atomic mass is 35.5. The Bertz CT molecular complexity index is 540. The van der Waals surface area contributed by atoms with Crippen LogP contribution in [0.15, 0.2) is 17.3 Å². The number of nitrogens with zero attached hydrogens (tertiary/aromatic N) is 3. The van der Waals surface area contributed by atoms with Crippen molar-refractivity contribution < 1.29 is 8.42 Å². The average Bonchev–Trinajstić information content (AvgIpc) is 2.27. The molecule has 1 aliphatic carbocycles. The molecular formula is C11H17ClN4O2S. The van der Waals surface area contributed by atoms with Crippen LogP contribution in [0.4, 0.5) is 0 Å². The molecule has 0 atom stereocenters. The van der Waals surface area contributed by atoms with E-state index in [1.165, 1.54) is 12.4 Å². The van der Waals surface area contributed by atoms with Crippen LogP contribution in [0.2, 0.25) is 5.28 Å². The first-order valence-electron chi connectivity index (χ1n) is 6.00. The topological polar surface area (TPSA) is 75.2 Å². The van der Waals surface area contributed by atoms with Gasteiger partial charge in [-0.05, 0) is 45.0 Å². The van der Waals surface area contributed by atoms with Crippen molar-refractivity contribution in [3.05, 3.63) is 17.7 Å². The van der Waals surface area contributed by atoms with Crippen LogP contribution in [0.25, 0.3) is 0 Å². The number of halogens is 1. The predicted octanol–water partition coefficient (Wildman–Crippen LogP) is 0.893. The van der Waals surface area contributed by atoms with Crippen LogP contribution < -0.4 is 4.72 Å². The minimum absolute atomic E-state index is 0.0303. The minimum atomic E-state index is -3.58. The second-order valence-electron chi connectivity index (χ2n) is 4.98. The third-order valence-corrected chi connectivity index (χ3v) is 5.28. The molecule has 19 heavy (non-hydrogen) atoms. The summed E-state index contributed by atoms with van der Waals surface area (Å²) < 4.78 is 26.8. The third kappa shape index (κ3) is 3.05. The van der Waals surface area contributed by atoms with Gasteiger partial charge >= 0.3 is 0 Å². The molecule has 2 rings (SSSR count). The van der Waals surface area contributed by atoms with Gasteiger partial charge in [-0.3, -0.25) is 0 Å². The van der Waals surface area contributed by atoms with E-state index in [-0.39, 0.29) is 15.7 Å². The van der Waals surface area contributed by atoms with Crippen LogP contribution >= 0.6 is 11.6 Å². The summed E-state index contributed by atoms with van der Waals surface area (Å²) in [6, 6.07) is 0. The van der Waals surface area contributed by atoms with Crippen molar-refractivity contribution in [2.75, 3.05) is 20.6 Å². The first kappa shape index (κ1) is 14.6. The minimum Gasteiger partial charge on any atom is -0.302 e. The van der Waals surface area contributed by atoms with Gasteiger partial charge in [0, 0.05) is 12.1 Å². The monoisotopic (exact) mass is 304 g/mol. The standard InChI is InChI=1S/C11H17ClN4O2S/c1-16(2)11(4-3-5-11)8-15-19(17,18)9-6-13-10(12)14-7-9/h6-7,15H,3-5,8H2,1-2H3. The molecule has 1 aromatic heterocycles. The van der Waals surface area contributed by atoms with Crippen molar-refractivity contribution in [3.63, 3.8) is 0 Å². The zero-order valence-electron chi connectivity index (χ0n) is 10.9. The molecule has 0 bridgehead atoms. The summed E-state index contributed by atoms with van der Waals surface area (Å²) in [5, 5.41) is 0.0303. The van der Waals surface area contributed by atoms with E-state index in [9.17, 15) is 8.42 Å². The molecule has 1 aliphatic rings. The fraction of sp³-hybridized carbons (Fsp3) is 0.636. The summed E-state index contributed by atoms with van der Waals surface area (Å²) in [5.41, 5.74) is -0.0691. The number of aromatic nitrogens is 2. The van der Waals surface area contributed by atoms with E-state index in [0.29, 0.717) is 6.54 Å². The van der Waals surface area contributed by atoms with E-state index in [2.05, 4.69) is 19.6 Å². The molecule has 0 aromatic carbocycles. The molecule has 6 nitrogen and oxygen atoms in total. The molecule has 1 saturated carbocycles. The molecule has 1 heterocycles. The van der Waals surface area contributed by atoms with Gasteiger partial charge in [-0.15, -0.1) is 0 Å². The molecule has 106 valence electrons. The van der Waals surface area contributed by atoms with Crippen LogP contribution in [0, 0.1) is 0 Å². The number of sulfonamides is 1. The number of hydrogen-bond acceptors (Lipinski definition) is 5. The summed E-state index contributed by atoms with van der Waals surface area (Å²) in [7, 11) is 0.362. The fourth-order valence-electron chi connectivity index (χ4n) is 2.12. The summed E-state index contributed by atoms with van der Waals surface area (Å²) in [6.07, 6.45) is 5.55. The molecule has 0 radical (unpaired) electrons. The second kappa shape index (κ2) is 5.32. The Hall–Kier alpha value is -0.760. The maximum absolute atomic E-state index is 12.1. The molecular weight excluding hydrogens is 288 g/mol. The van der Waals surface area contributed by atoms with Crippen molar-refractivity contribution in [3.8, 4) is 0 Å². The summed E-state index contributed by atoms with van der Waals surface area (Å²) in [5.74, 6) is 0. The first-order valence-corrected chi connectivity index (χ1v) is 7.86. The van der Waals surface area contributed by atoms with Crippen molar-refractivity contribution >= 4 is 21.6 Å². The highest BCUT2D eigenvalue weighted by Gasteiger charge is 2.39. The molecule has 1 fully saturated rings. The number of hydrogen-bond donors (Lipinski definition) is 1. The Morgan fingerprint density at radius 1 is 1.37 bits per heavy atom. The quantitative estimate of drug-likeness (QED) is 0.818. The third-order valence-electron chi connectivity index (χ3n) is 3.73. The molecule has 0 amide bonds. The number of nitrogens with one attached hydrogen (secondary N) is 1. The molecule has 0 saturated heterocycles. The van der Waals surface area contributed by atoms with E-state index < -0.39 is 10.0 Å². The van der Waals surface area contributed by atoms with Gasteiger partial charge in [0.25, 0.3) is 0 Å². The van der Waals surface area contributed by atoms with Crippen molar-refractivity contribution in [2.45, 2.75) is 29.7 Å². The Balaban J connectivity index is 2.08. The van der Waals surface area contributed by atoms with Gasteiger partial charge in [-0.25, -0.2) is 23.1 Å². The molecule has 0 spiro atoms. The maximum Gasteiger partial charge on any atom is 0.243 e. The van der Waals surface area contributed by atoms with Gasteiger partial charge in [0.1, 0.15) is 4.90 Å². The van der Waals surface area contributed by atoms with E-state index in [1.54, 1.807) is 0 Å². The summed E-state index contributed by atoms with van der Waals surface area (Å²) in [4.78, 5) is 9.48. The SMILES string of the molecule is CN(C)C1(CNS(=O)(=O)c2cnc(Cl)nc2)CCC1. The van der Waals surface area contributed by atoms with Crippen LogP contribution in [-0.2, 0) is 10.0 Å². The van der Waals surface area contributed by atoms with E-state index in [0.717, 1.165) is 19.3 Å².